The average Bonchev–Trinajstić information content (AvgIpc) is 3.37. The van der Waals surface area contributed by atoms with Crippen molar-refractivity contribution in [1.29, 1.82) is 0 Å². The Morgan fingerprint density at radius 2 is 1.90 bits per heavy atom. The third-order valence-corrected chi connectivity index (χ3v) is 7.45. The second kappa shape index (κ2) is 10.9. The standard InChI is InChI=1S/C25H41N5O/c1-4-30-13-7-8-22(30)19-29(18-21-11-14-28(15-12-21)16-17-31-3)20-25-26-23-9-5-6-10-24(23)27(25)2/h5-6,9-10,21-22H,4,7-8,11-20H2,1-3H3. The number of para-hydroxylation sites is 2. The van der Waals surface area contributed by atoms with Crippen molar-refractivity contribution in [3.05, 3.63) is 30.1 Å². The minimum absolute atomic E-state index is 0.696. The van der Waals surface area contributed by atoms with E-state index in [4.69, 9.17) is 9.72 Å². The van der Waals surface area contributed by atoms with Gasteiger partial charge in [0.15, 0.2) is 0 Å². The Kier molecular flexibility index (Phi) is 7.99. The molecule has 0 N–H and O–H groups in total. The van der Waals surface area contributed by atoms with Gasteiger partial charge in [-0.2, -0.15) is 0 Å². The van der Waals surface area contributed by atoms with E-state index in [9.17, 15) is 0 Å². The number of likely N-dealkylation sites (tertiary alicyclic amines) is 2. The quantitative estimate of drug-likeness (QED) is 0.582. The molecule has 1 aromatic carbocycles. The van der Waals surface area contributed by atoms with Gasteiger partial charge in [0.25, 0.3) is 0 Å². The zero-order valence-electron chi connectivity index (χ0n) is 19.8. The van der Waals surface area contributed by atoms with Gasteiger partial charge in [-0.25, -0.2) is 4.98 Å². The Labute approximate surface area is 188 Å². The van der Waals surface area contributed by atoms with E-state index in [0.29, 0.717) is 6.04 Å². The number of methoxy groups -OCH3 is 1. The van der Waals surface area contributed by atoms with E-state index in [2.05, 4.69) is 57.5 Å². The fraction of sp³-hybridized carbons (Fsp3) is 0.720. The lowest BCUT2D eigenvalue weighted by atomic mass is 9.96. The van der Waals surface area contributed by atoms with Gasteiger partial charge in [0, 0.05) is 39.8 Å². The summed E-state index contributed by atoms with van der Waals surface area (Å²) in [6.45, 7) is 12.4. The third kappa shape index (κ3) is 5.67. The van der Waals surface area contributed by atoms with Crippen molar-refractivity contribution in [2.24, 2.45) is 13.0 Å². The number of hydrogen-bond acceptors (Lipinski definition) is 5. The molecule has 0 aliphatic carbocycles. The normalized spacial score (nSPS) is 21.6. The minimum atomic E-state index is 0.696. The summed E-state index contributed by atoms with van der Waals surface area (Å²) >= 11 is 0. The molecule has 1 aromatic heterocycles. The average molecular weight is 428 g/mol. The minimum Gasteiger partial charge on any atom is -0.383 e. The first-order chi connectivity index (χ1) is 15.2. The van der Waals surface area contributed by atoms with Gasteiger partial charge in [-0.1, -0.05) is 19.1 Å². The van der Waals surface area contributed by atoms with Crippen LogP contribution in [0.15, 0.2) is 24.3 Å². The molecule has 1 unspecified atom stereocenters. The van der Waals surface area contributed by atoms with E-state index >= 15 is 0 Å². The van der Waals surface area contributed by atoms with E-state index in [0.717, 1.165) is 31.1 Å². The van der Waals surface area contributed by atoms with Crippen molar-refractivity contribution in [1.82, 2.24) is 24.3 Å². The van der Waals surface area contributed by atoms with Crippen LogP contribution in [-0.2, 0) is 18.3 Å². The van der Waals surface area contributed by atoms with Gasteiger partial charge >= 0.3 is 0 Å². The topological polar surface area (TPSA) is 36.8 Å². The molecule has 1 atom stereocenters. The Bertz CT molecular complexity index is 813. The smallest absolute Gasteiger partial charge is 0.123 e. The van der Waals surface area contributed by atoms with Crippen molar-refractivity contribution in [3.63, 3.8) is 0 Å². The number of aryl methyl sites for hydroxylation is 1. The molecule has 3 heterocycles. The SMILES string of the molecule is CCN1CCCC1CN(Cc1nc2ccccc2n1C)CC1CCN(CCOC)CC1. The van der Waals surface area contributed by atoms with Crippen LogP contribution in [0.1, 0.15) is 38.4 Å². The molecule has 172 valence electrons. The Balaban J connectivity index is 1.43. The number of benzene rings is 1. The zero-order valence-corrected chi connectivity index (χ0v) is 19.8. The summed E-state index contributed by atoms with van der Waals surface area (Å²) in [7, 11) is 3.97. The van der Waals surface area contributed by atoms with E-state index < -0.39 is 0 Å². The first-order valence-electron chi connectivity index (χ1n) is 12.3. The lowest BCUT2D eigenvalue weighted by Gasteiger charge is -2.36. The predicted molar refractivity (Wildman–Crippen MR) is 127 cm³/mol. The fourth-order valence-electron chi connectivity index (χ4n) is 5.53. The molecule has 0 amide bonds. The predicted octanol–water partition coefficient (Wildman–Crippen LogP) is 3.22. The molecular formula is C25H41N5O. The number of piperidine rings is 1. The van der Waals surface area contributed by atoms with Gasteiger partial charge in [0.1, 0.15) is 5.82 Å². The van der Waals surface area contributed by atoms with Crippen molar-refractivity contribution in [2.75, 3.05) is 59.5 Å². The van der Waals surface area contributed by atoms with E-state index in [1.54, 1.807) is 7.11 Å². The Hall–Kier alpha value is -1.47. The van der Waals surface area contributed by atoms with Crippen LogP contribution >= 0.6 is 0 Å². The van der Waals surface area contributed by atoms with Gasteiger partial charge in [-0.3, -0.25) is 9.80 Å². The molecule has 4 rings (SSSR count). The highest BCUT2D eigenvalue weighted by Crippen LogP contribution is 2.24. The summed E-state index contributed by atoms with van der Waals surface area (Å²) in [5.74, 6) is 1.98. The van der Waals surface area contributed by atoms with Crippen LogP contribution in [0.2, 0.25) is 0 Å². The summed E-state index contributed by atoms with van der Waals surface area (Å²) in [4.78, 5) is 12.9. The van der Waals surface area contributed by atoms with Crippen LogP contribution in [0.4, 0.5) is 0 Å². The molecule has 2 aromatic rings. The molecule has 6 heteroatoms. The number of hydrogen-bond donors (Lipinski definition) is 0. The molecule has 0 radical (unpaired) electrons. The van der Waals surface area contributed by atoms with E-state index in [1.807, 2.05) is 0 Å². The molecule has 2 fully saturated rings. The lowest BCUT2D eigenvalue weighted by Crippen LogP contribution is -2.44. The summed E-state index contributed by atoms with van der Waals surface area (Å²) in [5, 5.41) is 0. The van der Waals surface area contributed by atoms with Crippen LogP contribution in [0.3, 0.4) is 0 Å². The van der Waals surface area contributed by atoms with Gasteiger partial charge in [-0.05, 0) is 69.9 Å². The van der Waals surface area contributed by atoms with Crippen molar-refractivity contribution in [2.45, 2.75) is 45.2 Å². The maximum absolute atomic E-state index is 5.27. The van der Waals surface area contributed by atoms with Crippen LogP contribution in [-0.4, -0.2) is 89.8 Å². The fourth-order valence-corrected chi connectivity index (χ4v) is 5.53. The van der Waals surface area contributed by atoms with Crippen LogP contribution in [0.25, 0.3) is 11.0 Å². The third-order valence-electron chi connectivity index (χ3n) is 7.45. The molecule has 6 nitrogen and oxygen atoms in total. The summed E-state index contributed by atoms with van der Waals surface area (Å²) in [5.41, 5.74) is 2.35. The monoisotopic (exact) mass is 427 g/mol. The van der Waals surface area contributed by atoms with Gasteiger partial charge < -0.3 is 14.2 Å². The van der Waals surface area contributed by atoms with Crippen LogP contribution in [0, 0.1) is 5.92 Å². The van der Waals surface area contributed by atoms with Crippen molar-refractivity contribution < 1.29 is 4.74 Å². The number of rotatable bonds is 10. The van der Waals surface area contributed by atoms with Crippen LogP contribution in [0.5, 0.6) is 0 Å². The van der Waals surface area contributed by atoms with E-state index in [1.165, 1.54) is 76.3 Å². The number of imidazole rings is 1. The summed E-state index contributed by atoms with van der Waals surface area (Å²) in [6, 6.07) is 9.21. The number of nitrogens with zero attached hydrogens (tertiary/aromatic N) is 5. The Morgan fingerprint density at radius 3 is 2.65 bits per heavy atom. The summed E-state index contributed by atoms with van der Waals surface area (Å²) in [6.07, 6.45) is 5.27. The van der Waals surface area contributed by atoms with Gasteiger partial charge in [0.2, 0.25) is 0 Å². The highest BCUT2D eigenvalue weighted by atomic mass is 16.5. The van der Waals surface area contributed by atoms with Crippen molar-refractivity contribution in [3.8, 4) is 0 Å². The molecule has 31 heavy (non-hydrogen) atoms. The van der Waals surface area contributed by atoms with Crippen LogP contribution < -0.4 is 0 Å². The second-order valence-corrected chi connectivity index (χ2v) is 9.47. The number of likely N-dealkylation sites (N-methyl/N-ethyl adjacent to an activating group) is 1. The number of fused-ring (bicyclic) bond motifs is 1. The second-order valence-electron chi connectivity index (χ2n) is 9.47. The van der Waals surface area contributed by atoms with Crippen molar-refractivity contribution >= 4 is 11.0 Å². The van der Waals surface area contributed by atoms with Gasteiger partial charge in [-0.15, -0.1) is 0 Å². The number of aromatic nitrogens is 2. The van der Waals surface area contributed by atoms with E-state index in [-0.39, 0.29) is 0 Å². The zero-order chi connectivity index (χ0) is 21.6. The maximum Gasteiger partial charge on any atom is 0.123 e. The molecule has 0 saturated carbocycles. The molecule has 2 saturated heterocycles. The molecule has 0 bridgehead atoms. The first kappa shape index (κ1) is 22.7. The highest BCUT2D eigenvalue weighted by Gasteiger charge is 2.28. The molecule has 0 spiro atoms. The molecular weight excluding hydrogens is 386 g/mol. The largest absolute Gasteiger partial charge is 0.383 e. The lowest BCUT2D eigenvalue weighted by molar-refractivity contribution is 0.0953. The maximum atomic E-state index is 5.27. The van der Waals surface area contributed by atoms with Gasteiger partial charge in [0.05, 0.1) is 24.2 Å². The first-order valence-corrected chi connectivity index (χ1v) is 12.3. The number of ether oxygens (including phenoxy) is 1. The highest BCUT2D eigenvalue weighted by molar-refractivity contribution is 5.75. The Morgan fingerprint density at radius 1 is 1.10 bits per heavy atom. The molecule has 2 aliphatic rings. The summed E-state index contributed by atoms with van der Waals surface area (Å²) < 4.78 is 7.56. The molecule has 2 aliphatic heterocycles.